The zero-order valence-electron chi connectivity index (χ0n) is 6.73. The number of nitrogens with two attached hydrogens (primary N) is 2. The lowest BCUT2D eigenvalue weighted by Gasteiger charge is -2.03. The van der Waals surface area contributed by atoms with Gasteiger partial charge in [0.15, 0.2) is 0 Å². The molecule has 0 saturated heterocycles. The third-order valence-corrected chi connectivity index (χ3v) is 1.29. The molecular weight excluding hydrogens is 203 g/mol. The molecule has 1 atom stereocenters. The Morgan fingerprint density at radius 1 is 1.33 bits per heavy atom. The smallest absolute Gasteiger partial charge is 0.320 e. The van der Waals surface area contributed by atoms with E-state index in [1.54, 1.807) is 0 Å². The van der Waals surface area contributed by atoms with Crippen LogP contribution in [0.5, 0.6) is 0 Å². The van der Waals surface area contributed by atoms with E-state index in [1.165, 1.54) is 0 Å². The van der Waals surface area contributed by atoms with Crippen molar-refractivity contribution in [2.24, 2.45) is 11.5 Å². The molecule has 0 aromatic rings. The third-order valence-electron chi connectivity index (χ3n) is 1.29. The molecule has 0 aromatic carbocycles. The number of halogens is 2. The Bertz CT molecular complexity index is 114. The molecule has 76 valence electrons. The van der Waals surface area contributed by atoms with Gasteiger partial charge in [-0.2, -0.15) is 0 Å². The topological polar surface area (TPSA) is 89.3 Å². The summed E-state index contributed by atoms with van der Waals surface area (Å²) in [6.07, 6.45) is 2.16. The highest BCUT2D eigenvalue weighted by Crippen LogP contribution is 1.96. The molecule has 0 heterocycles. The lowest BCUT2D eigenvalue weighted by atomic mass is 10.1. The number of carboxylic acids is 1. The maximum absolute atomic E-state index is 10.1. The monoisotopic (exact) mass is 218 g/mol. The molecule has 0 amide bonds. The molecule has 1 unspecified atom stereocenters. The number of hydrogen-bond acceptors (Lipinski definition) is 3. The van der Waals surface area contributed by atoms with Gasteiger partial charge < -0.3 is 16.6 Å². The Hall–Kier alpha value is -0.0300. The maximum Gasteiger partial charge on any atom is 0.320 e. The van der Waals surface area contributed by atoms with Crippen molar-refractivity contribution in [1.82, 2.24) is 0 Å². The summed E-state index contributed by atoms with van der Waals surface area (Å²) >= 11 is 0. The molecule has 4 nitrogen and oxygen atoms in total. The van der Waals surface area contributed by atoms with Crippen molar-refractivity contribution in [3.8, 4) is 0 Å². The quantitative estimate of drug-likeness (QED) is 0.583. The van der Waals surface area contributed by atoms with E-state index >= 15 is 0 Å². The van der Waals surface area contributed by atoms with Gasteiger partial charge in [-0.3, -0.25) is 4.79 Å². The second kappa shape index (κ2) is 11.0. The van der Waals surface area contributed by atoms with E-state index in [-0.39, 0.29) is 24.8 Å². The molecular formula is C6H16Cl2N2O2. The van der Waals surface area contributed by atoms with Crippen molar-refractivity contribution in [2.75, 3.05) is 6.54 Å². The van der Waals surface area contributed by atoms with Gasteiger partial charge in [-0.15, -0.1) is 24.8 Å². The lowest BCUT2D eigenvalue weighted by Crippen LogP contribution is -2.29. The predicted octanol–water partition coefficient (Wildman–Crippen LogP) is 0.371. The van der Waals surface area contributed by atoms with Crippen LogP contribution in [-0.2, 0) is 4.79 Å². The normalized spacial score (nSPS) is 10.8. The van der Waals surface area contributed by atoms with E-state index in [2.05, 4.69) is 0 Å². The van der Waals surface area contributed by atoms with Crippen LogP contribution in [0.25, 0.3) is 0 Å². The summed E-state index contributed by atoms with van der Waals surface area (Å²) in [6, 6.07) is -0.716. The van der Waals surface area contributed by atoms with E-state index in [4.69, 9.17) is 16.6 Å². The fraction of sp³-hybridized carbons (Fsp3) is 0.833. The number of carboxylic acid groups (broad SMARTS) is 1. The molecule has 0 aliphatic heterocycles. The molecule has 0 fully saturated rings. The highest BCUT2D eigenvalue weighted by atomic mass is 35.5. The summed E-state index contributed by atoms with van der Waals surface area (Å²) in [7, 11) is 0. The van der Waals surface area contributed by atoms with Crippen molar-refractivity contribution in [1.29, 1.82) is 0 Å². The Labute approximate surface area is 84.5 Å². The van der Waals surface area contributed by atoms with Crippen LogP contribution in [0.2, 0.25) is 0 Å². The molecule has 0 aromatic heterocycles. The molecule has 6 heteroatoms. The van der Waals surface area contributed by atoms with Crippen LogP contribution in [0.4, 0.5) is 0 Å². The van der Waals surface area contributed by atoms with Crippen LogP contribution >= 0.6 is 24.8 Å². The van der Waals surface area contributed by atoms with Crippen LogP contribution in [0.15, 0.2) is 0 Å². The first-order valence-corrected chi connectivity index (χ1v) is 3.37. The molecule has 0 radical (unpaired) electrons. The summed E-state index contributed by atoms with van der Waals surface area (Å²) in [5, 5.41) is 8.33. The van der Waals surface area contributed by atoms with Crippen molar-refractivity contribution in [2.45, 2.75) is 25.3 Å². The summed E-state index contributed by atoms with van der Waals surface area (Å²) in [6.45, 7) is 0.604. The van der Waals surface area contributed by atoms with Crippen LogP contribution in [0.1, 0.15) is 19.3 Å². The first-order valence-electron chi connectivity index (χ1n) is 3.37. The Balaban J connectivity index is -0.000000405. The second-order valence-electron chi connectivity index (χ2n) is 2.23. The minimum atomic E-state index is -0.933. The van der Waals surface area contributed by atoms with Gasteiger partial charge in [0.2, 0.25) is 0 Å². The number of carbonyl (C=O) groups is 1. The van der Waals surface area contributed by atoms with Crippen molar-refractivity contribution in [3.05, 3.63) is 0 Å². The van der Waals surface area contributed by atoms with Crippen LogP contribution in [0.3, 0.4) is 0 Å². The summed E-state index contributed by atoms with van der Waals surface area (Å²) in [4.78, 5) is 10.1. The van der Waals surface area contributed by atoms with E-state index in [0.717, 1.165) is 12.8 Å². The minimum absolute atomic E-state index is 0. The Morgan fingerprint density at radius 3 is 2.17 bits per heavy atom. The van der Waals surface area contributed by atoms with Gasteiger partial charge in [0.25, 0.3) is 0 Å². The van der Waals surface area contributed by atoms with Crippen molar-refractivity contribution in [3.63, 3.8) is 0 Å². The molecule has 0 rings (SSSR count). The highest BCUT2D eigenvalue weighted by Gasteiger charge is 2.09. The maximum atomic E-state index is 10.1. The molecule has 0 aliphatic rings. The summed E-state index contributed by atoms with van der Waals surface area (Å²) in [5.41, 5.74) is 10.4. The predicted molar refractivity (Wildman–Crippen MR) is 53.0 cm³/mol. The first kappa shape index (κ1) is 17.9. The van der Waals surface area contributed by atoms with E-state index in [0.29, 0.717) is 13.0 Å². The summed E-state index contributed by atoms with van der Waals surface area (Å²) in [5.74, 6) is -0.933. The van der Waals surface area contributed by atoms with Gasteiger partial charge in [0.05, 0.1) is 0 Å². The highest BCUT2D eigenvalue weighted by molar-refractivity contribution is 5.85. The minimum Gasteiger partial charge on any atom is -0.480 e. The van der Waals surface area contributed by atoms with Crippen LogP contribution < -0.4 is 11.5 Å². The number of rotatable bonds is 5. The van der Waals surface area contributed by atoms with Gasteiger partial charge in [0.1, 0.15) is 6.04 Å². The van der Waals surface area contributed by atoms with Gasteiger partial charge in [0, 0.05) is 0 Å². The summed E-state index contributed by atoms with van der Waals surface area (Å²) < 4.78 is 0. The van der Waals surface area contributed by atoms with Crippen molar-refractivity contribution >= 4 is 30.8 Å². The Morgan fingerprint density at radius 2 is 1.83 bits per heavy atom. The molecule has 0 saturated carbocycles. The average Bonchev–Trinajstić information content (AvgIpc) is 1.88. The number of aliphatic carboxylic acids is 1. The molecule has 0 bridgehead atoms. The van der Waals surface area contributed by atoms with Gasteiger partial charge in [-0.1, -0.05) is 6.42 Å². The second-order valence-corrected chi connectivity index (χ2v) is 2.23. The van der Waals surface area contributed by atoms with Gasteiger partial charge in [-0.05, 0) is 19.4 Å². The standard InChI is InChI=1S/C6H14N2O2.2ClH/c7-4-2-1-3-5(8)6(9)10;;/h5H,1-4,7-8H2,(H,9,10);2*1H. The van der Waals surface area contributed by atoms with Gasteiger partial charge >= 0.3 is 5.97 Å². The molecule has 5 N–H and O–H groups in total. The first-order chi connectivity index (χ1) is 4.68. The fourth-order valence-electron chi connectivity index (χ4n) is 0.632. The Kier molecular flexibility index (Phi) is 16.4. The molecule has 12 heavy (non-hydrogen) atoms. The van der Waals surface area contributed by atoms with E-state index in [9.17, 15) is 4.79 Å². The van der Waals surface area contributed by atoms with Gasteiger partial charge in [-0.25, -0.2) is 0 Å². The van der Waals surface area contributed by atoms with Crippen molar-refractivity contribution < 1.29 is 9.90 Å². The zero-order valence-corrected chi connectivity index (χ0v) is 8.37. The SMILES string of the molecule is Cl.Cl.NCCCCC(N)C(=O)O. The number of hydrogen-bond donors (Lipinski definition) is 3. The number of unbranched alkanes of at least 4 members (excludes halogenated alkanes) is 1. The van der Waals surface area contributed by atoms with E-state index in [1.807, 2.05) is 0 Å². The fourth-order valence-corrected chi connectivity index (χ4v) is 0.632. The zero-order chi connectivity index (χ0) is 7.98. The van der Waals surface area contributed by atoms with Crippen LogP contribution in [-0.4, -0.2) is 23.7 Å². The lowest BCUT2D eigenvalue weighted by molar-refractivity contribution is -0.138. The van der Waals surface area contributed by atoms with Crippen LogP contribution in [0, 0.1) is 0 Å². The molecule has 0 spiro atoms. The molecule has 0 aliphatic carbocycles. The third kappa shape index (κ3) is 9.97. The average molecular weight is 219 g/mol. The largest absolute Gasteiger partial charge is 0.480 e. The van der Waals surface area contributed by atoms with E-state index < -0.39 is 12.0 Å².